The van der Waals surface area contributed by atoms with Crippen molar-refractivity contribution in [1.29, 1.82) is 0 Å². The van der Waals surface area contributed by atoms with Crippen molar-refractivity contribution in [2.75, 3.05) is 6.54 Å². The molecule has 1 amide bonds. The summed E-state index contributed by atoms with van der Waals surface area (Å²) in [4.78, 5) is 23.2. The van der Waals surface area contributed by atoms with Crippen molar-refractivity contribution < 1.29 is 29.4 Å². The number of nitrogens with zero attached hydrogens (tertiary/aromatic N) is 1. The number of benzene rings is 1. The molecule has 0 aliphatic carbocycles. The van der Waals surface area contributed by atoms with Crippen LogP contribution in [0.25, 0.3) is 0 Å². The molecule has 0 spiro atoms. The van der Waals surface area contributed by atoms with Crippen molar-refractivity contribution in [1.82, 2.24) is 0 Å². The van der Waals surface area contributed by atoms with E-state index in [-0.39, 0.29) is 19.5 Å². The highest BCUT2D eigenvalue weighted by Gasteiger charge is 2.62. The lowest BCUT2D eigenvalue weighted by Crippen LogP contribution is -2.69. The molecule has 1 aliphatic rings. The first-order chi connectivity index (χ1) is 9.32. The highest BCUT2D eigenvalue weighted by molar-refractivity contribution is 5.79. The van der Waals surface area contributed by atoms with Crippen molar-refractivity contribution >= 4 is 12.1 Å². The van der Waals surface area contributed by atoms with Gasteiger partial charge in [0.05, 0.1) is 0 Å². The molecule has 1 aromatic rings. The molecule has 0 aromatic heterocycles. The van der Waals surface area contributed by atoms with Crippen molar-refractivity contribution in [2.45, 2.75) is 31.5 Å². The standard InChI is InChI=1S/C14H17NO5/c1-14(12(17)18)7-11(16)9-15(14,13(19)20)8-10-5-3-2-4-6-10/h2-6,11,16H,7-9H2,1H3,(H-,17,18,19,20)/t11-,14+,15?/m1/s1. The molecule has 108 valence electrons. The number of carboxylic acids is 1. The number of hydrogen-bond donors (Lipinski definition) is 2. The number of aliphatic hydroxyl groups is 1. The second-order valence-corrected chi connectivity index (χ2v) is 5.50. The first-order valence-corrected chi connectivity index (χ1v) is 6.36. The van der Waals surface area contributed by atoms with Crippen LogP contribution in [-0.2, 0) is 11.3 Å². The third kappa shape index (κ3) is 2.07. The maximum Gasteiger partial charge on any atom is 0.366 e. The molecule has 6 nitrogen and oxygen atoms in total. The molecule has 0 bridgehead atoms. The van der Waals surface area contributed by atoms with E-state index in [0.29, 0.717) is 5.56 Å². The fourth-order valence-corrected chi connectivity index (χ4v) is 3.00. The van der Waals surface area contributed by atoms with E-state index in [0.717, 1.165) is 0 Å². The van der Waals surface area contributed by atoms with Crippen LogP contribution in [0.5, 0.6) is 0 Å². The number of carbonyl (C=O) groups is 2. The summed E-state index contributed by atoms with van der Waals surface area (Å²) in [7, 11) is 0. The van der Waals surface area contributed by atoms with Gasteiger partial charge in [-0.2, -0.15) is 0 Å². The quantitative estimate of drug-likeness (QED) is 0.756. The number of carboxylic acid groups (broad SMARTS) is 2. The van der Waals surface area contributed by atoms with E-state index in [1.54, 1.807) is 30.3 Å². The van der Waals surface area contributed by atoms with Gasteiger partial charge in [-0.15, -0.1) is 0 Å². The molecule has 0 radical (unpaired) electrons. The second-order valence-electron chi connectivity index (χ2n) is 5.50. The minimum Gasteiger partial charge on any atom is -0.498 e. The summed E-state index contributed by atoms with van der Waals surface area (Å²) in [6, 6.07) is 8.77. The van der Waals surface area contributed by atoms with Crippen molar-refractivity contribution in [2.24, 2.45) is 0 Å². The fourth-order valence-electron chi connectivity index (χ4n) is 3.00. The Balaban J connectivity index is 2.48. The van der Waals surface area contributed by atoms with Crippen LogP contribution in [0.15, 0.2) is 30.3 Å². The van der Waals surface area contributed by atoms with E-state index in [1.807, 2.05) is 0 Å². The number of carbonyl (C=O) groups excluding carboxylic acids is 1. The zero-order valence-electron chi connectivity index (χ0n) is 11.2. The van der Waals surface area contributed by atoms with E-state index < -0.39 is 28.2 Å². The first-order valence-electron chi connectivity index (χ1n) is 6.36. The van der Waals surface area contributed by atoms with Crippen LogP contribution >= 0.6 is 0 Å². The predicted molar refractivity (Wildman–Crippen MR) is 67.3 cm³/mol. The molecule has 2 N–H and O–H groups in total. The Bertz CT molecular complexity index is 532. The number of likely N-dealkylation sites (tertiary alicyclic amines) is 1. The Morgan fingerprint density at radius 1 is 1.40 bits per heavy atom. The van der Waals surface area contributed by atoms with Crippen molar-refractivity contribution in [3.8, 4) is 0 Å². The Labute approximate surface area is 116 Å². The molecule has 20 heavy (non-hydrogen) atoms. The lowest BCUT2D eigenvalue weighted by molar-refractivity contribution is -0.915. The van der Waals surface area contributed by atoms with Gasteiger partial charge in [0.2, 0.25) is 5.54 Å². The molecule has 1 aromatic carbocycles. The molecule has 1 aliphatic heterocycles. The number of aliphatic hydroxyl groups excluding tert-OH is 1. The van der Waals surface area contributed by atoms with Gasteiger partial charge in [-0.25, -0.2) is 4.79 Å². The largest absolute Gasteiger partial charge is 0.498 e. The van der Waals surface area contributed by atoms with Crippen molar-refractivity contribution in [3.63, 3.8) is 0 Å². The van der Waals surface area contributed by atoms with Gasteiger partial charge in [-0.1, -0.05) is 30.3 Å². The molecule has 1 saturated heterocycles. The maximum absolute atomic E-state index is 11.7. The molecule has 6 heteroatoms. The van der Waals surface area contributed by atoms with Gasteiger partial charge >= 0.3 is 5.97 Å². The highest BCUT2D eigenvalue weighted by atomic mass is 16.4. The lowest BCUT2D eigenvalue weighted by Gasteiger charge is -2.43. The van der Waals surface area contributed by atoms with E-state index in [9.17, 15) is 24.9 Å². The molecular formula is C14H17NO5. The Hall–Kier alpha value is -1.92. The molecule has 0 saturated carbocycles. The van der Waals surface area contributed by atoms with Crippen molar-refractivity contribution in [3.05, 3.63) is 35.9 Å². The van der Waals surface area contributed by atoms with Gasteiger partial charge in [0, 0.05) is 18.9 Å². The summed E-state index contributed by atoms with van der Waals surface area (Å²) in [5, 5.41) is 30.9. The Morgan fingerprint density at radius 3 is 2.50 bits per heavy atom. The predicted octanol–water partition coefficient (Wildman–Crippen LogP) is -0.0454. The number of hydrogen-bond acceptors (Lipinski definition) is 4. The van der Waals surface area contributed by atoms with E-state index in [4.69, 9.17) is 0 Å². The Kier molecular flexibility index (Phi) is 3.54. The van der Waals surface area contributed by atoms with Crippen LogP contribution in [0.4, 0.5) is 4.79 Å². The molecule has 3 atom stereocenters. The molecule has 2 rings (SSSR count). The first kappa shape index (κ1) is 14.5. The average Bonchev–Trinajstić information content (AvgIpc) is 2.64. The van der Waals surface area contributed by atoms with Crippen LogP contribution in [-0.4, -0.2) is 44.9 Å². The minimum atomic E-state index is -1.60. The van der Waals surface area contributed by atoms with Gasteiger partial charge < -0.3 is 20.1 Å². The van der Waals surface area contributed by atoms with E-state index in [2.05, 4.69) is 0 Å². The van der Waals surface area contributed by atoms with E-state index >= 15 is 0 Å². The monoisotopic (exact) mass is 279 g/mol. The molecule has 1 unspecified atom stereocenters. The van der Waals surface area contributed by atoms with Crippen LogP contribution in [0.2, 0.25) is 0 Å². The summed E-state index contributed by atoms with van der Waals surface area (Å²) in [6.45, 7) is 1.16. The number of quaternary nitrogens is 1. The fraction of sp³-hybridized carbons (Fsp3) is 0.429. The number of rotatable bonds is 3. The average molecular weight is 279 g/mol. The van der Waals surface area contributed by atoms with E-state index in [1.165, 1.54) is 6.92 Å². The van der Waals surface area contributed by atoms with Gasteiger partial charge in [-0.3, -0.25) is 4.48 Å². The maximum atomic E-state index is 11.7. The van der Waals surface area contributed by atoms with Crippen LogP contribution in [0.3, 0.4) is 0 Å². The summed E-state index contributed by atoms with van der Waals surface area (Å²) in [5.41, 5.74) is -0.910. The lowest BCUT2D eigenvalue weighted by atomic mass is 9.95. The van der Waals surface area contributed by atoms with Crippen LogP contribution < -0.4 is 5.11 Å². The SMILES string of the molecule is C[C@@]1(C(=O)O)C[C@@H](O)C[N+]1(Cc1ccccc1)C(=O)[O-]. The zero-order chi connectivity index (χ0) is 15.0. The highest BCUT2D eigenvalue weighted by Crippen LogP contribution is 2.39. The third-order valence-corrected chi connectivity index (χ3v) is 4.21. The zero-order valence-corrected chi connectivity index (χ0v) is 11.2. The normalized spacial score (nSPS) is 33.0. The summed E-state index contributed by atoms with van der Waals surface area (Å²) in [5.74, 6) is -1.24. The summed E-state index contributed by atoms with van der Waals surface area (Å²) < 4.78 is -0.798. The summed E-state index contributed by atoms with van der Waals surface area (Å²) in [6.07, 6.45) is -2.56. The van der Waals surface area contributed by atoms with Crippen LogP contribution in [0, 0.1) is 0 Å². The van der Waals surface area contributed by atoms with Gasteiger partial charge in [0.25, 0.3) is 6.09 Å². The molecular weight excluding hydrogens is 262 g/mol. The van der Waals surface area contributed by atoms with Crippen LogP contribution in [0.1, 0.15) is 18.9 Å². The smallest absolute Gasteiger partial charge is 0.366 e. The van der Waals surface area contributed by atoms with Gasteiger partial charge in [-0.05, 0) is 0 Å². The third-order valence-electron chi connectivity index (χ3n) is 4.21. The minimum absolute atomic E-state index is 0.0248. The number of aliphatic carboxylic acids is 1. The topological polar surface area (TPSA) is 97.7 Å². The molecule has 1 fully saturated rings. The second kappa shape index (κ2) is 4.88. The van der Waals surface area contributed by atoms with Gasteiger partial charge in [0.15, 0.2) is 0 Å². The number of amides is 1. The molecule has 1 heterocycles. The van der Waals surface area contributed by atoms with Gasteiger partial charge in [0.1, 0.15) is 19.2 Å². The Morgan fingerprint density at radius 2 is 2.00 bits per heavy atom. The summed E-state index contributed by atoms with van der Waals surface area (Å²) >= 11 is 0.